The summed E-state index contributed by atoms with van der Waals surface area (Å²) >= 11 is 0. The van der Waals surface area contributed by atoms with Gasteiger partial charge in [-0.05, 0) is 97.3 Å². The minimum atomic E-state index is -0.251. The summed E-state index contributed by atoms with van der Waals surface area (Å²) in [4.78, 5) is 16.0. The van der Waals surface area contributed by atoms with Crippen molar-refractivity contribution < 1.29 is 4.79 Å². The summed E-state index contributed by atoms with van der Waals surface area (Å²) in [5.41, 5.74) is 9.10. The van der Waals surface area contributed by atoms with Crippen molar-refractivity contribution >= 4 is 11.4 Å². The number of carbonyl (C=O) groups excluding carboxylic acids is 1. The molecule has 2 nitrogen and oxygen atoms in total. The molecule has 2 saturated carbocycles. The summed E-state index contributed by atoms with van der Waals surface area (Å²) in [7, 11) is 4.43. The second-order valence-electron chi connectivity index (χ2n) is 14.2. The number of hydrogen-bond acceptors (Lipinski definition) is 2. The number of ketones is 1. The Morgan fingerprint density at radius 3 is 2.19 bits per heavy atom. The fourth-order valence-corrected chi connectivity index (χ4v) is 9.81. The predicted molar refractivity (Wildman–Crippen MR) is 177 cm³/mol. The van der Waals surface area contributed by atoms with Crippen molar-refractivity contribution in [3.8, 4) is 23.5 Å². The van der Waals surface area contributed by atoms with Crippen LogP contribution in [0.2, 0.25) is 0 Å². The summed E-state index contributed by atoms with van der Waals surface area (Å²) < 4.78 is 0. The molecule has 0 radical (unpaired) electrons. The van der Waals surface area contributed by atoms with Crippen molar-refractivity contribution in [2.45, 2.75) is 121 Å². The molecule has 2 fully saturated rings. The number of hydrogen-bond donors (Lipinski definition) is 0. The van der Waals surface area contributed by atoms with Gasteiger partial charge in [-0.2, -0.15) is 0 Å². The molecule has 0 spiro atoms. The van der Waals surface area contributed by atoms with Crippen molar-refractivity contribution in [3.63, 3.8) is 0 Å². The maximum absolute atomic E-state index is 13.6. The third-order valence-electron chi connectivity index (χ3n) is 11.9. The Kier molecular flexibility index (Phi) is 8.04. The average Bonchev–Trinajstić information content (AvgIpc) is 3.56. The smallest absolute Gasteiger partial charge is 0.145 e. The van der Waals surface area contributed by atoms with E-state index in [0.717, 1.165) is 18.4 Å². The molecule has 4 aliphatic rings. The maximum atomic E-state index is 13.6. The SMILES string of the molecule is C#Cc1ccc2c(c1)C(CCCCCC)(CCCCCC)c1cc(C3=C[C@]45CCCC[C@H]4[C@@]3(N(C)C)CC5=O)ccc1-2. The lowest BCUT2D eigenvalue weighted by atomic mass is 9.67. The second kappa shape index (κ2) is 11.5. The van der Waals surface area contributed by atoms with E-state index in [4.69, 9.17) is 6.42 Å². The highest BCUT2D eigenvalue weighted by Crippen LogP contribution is 2.67. The fourth-order valence-electron chi connectivity index (χ4n) is 9.81. The van der Waals surface area contributed by atoms with Crippen molar-refractivity contribution in [1.29, 1.82) is 0 Å². The number of unbranched alkanes of at least 4 members (excludes halogenated alkanes) is 6. The minimum Gasteiger partial charge on any atom is -0.299 e. The largest absolute Gasteiger partial charge is 0.299 e. The second-order valence-corrected chi connectivity index (χ2v) is 14.2. The van der Waals surface area contributed by atoms with Gasteiger partial charge in [0.25, 0.3) is 0 Å². The highest BCUT2D eigenvalue weighted by Gasteiger charge is 2.68. The quantitative estimate of drug-likeness (QED) is 0.190. The molecule has 2 aromatic carbocycles. The number of allylic oxidation sites excluding steroid dienone is 1. The van der Waals surface area contributed by atoms with Crippen LogP contribution in [0.25, 0.3) is 16.7 Å². The van der Waals surface area contributed by atoms with E-state index in [1.54, 1.807) is 0 Å². The molecule has 0 saturated heterocycles. The minimum absolute atomic E-state index is 0.000651. The van der Waals surface area contributed by atoms with Crippen LogP contribution in [-0.4, -0.2) is 30.3 Å². The van der Waals surface area contributed by atoms with Crippen molar-refractivity contribution in [2.24, 2.45) is 11.3 Å². The van der Waals surface area contributed by atoms with Crippen molar-refractivity contribution in [2.75, 3.05) is 14.1 Å². The van der Waals surface area contributed by atoms with Crippen LogP contribution in [0.5, 0.6) is 0 Å². The number of carbonyl (C=O) groups is 1. The van der Waals surface area contributed by atoms with Gasteiger partial charge in [-0.3, -0.25) is 9.69 Å². The number of likely N-dealkylation sites (N-methyl/N-ethyl adjacent to an activating group) is 1. The van der Waals surface area contributed by atoms with Crippen LogP contribution in [0.1, 0.15) is 132 Å². The van der Waals surface area contributed by atoms with Crippen LogP contribution in [-0.2, 0) is 10.2 Å². The number of Topliss-reactive ketones (excluding diaryl/α,β-unsaturated/α-hetero) is 1. The van der Waals surface area contributed by atoms with Crippen LogP contribution in [0.4, 0.5) is 0 Å². The number of rotatable bonds is 12. The molecule has 222 valence electrons. The standard InChI is InChI=1S/C40H51NO/c1-6-9-11-14-22-38(23-15-12-10-7-2)33-25-29(8-3)18-20-31(33)32-21-19-30(26-34(32)38)35-27-39-24-16-13-17-36(39)40(35,41(4)5)28-37(39)42/h3,18-21,25-27,36H,6-7,9-17,22-24,28H2,1-2,4-5H3/t36-,39-,40-/m1/s1. The van der Waals surface area contributed by atoms with Gasteiger partial charge in [0, 0.05) is 17.4 Å². The van der Waals surface area contributed by atoms with E-state index in [0.29, 0.717) is 18.1 Å². The van der Waals surface area contributed by atoms with Gasteiger partial charge >= 0.3 is 0 Å². The molecule has 0 aromatic heterocycles. The van der Waals surface area contributed by atoms with E-state index >= 15 is 0 Å². The first-order chi connectivity index (χ1) is 20.4. The Bertz CT molecular complexity index is 1410. The lowest BCUT2D eigenvalue weighted by Crippen LogP contribution is -2.48. The summed E-state index contributed by atoms with van der Waals surface area (Å²) in [5, 5.41) is 0. The van der Waals surface area contributed by atoms with Crippen LogP contribution >= 0.6 is 0 Å². The zero-order valence-corrected chi connectivity index (χ0v) is 26.7. The van der Waals surface area contributed by atoms with Crippen molar-refractivity contribution in [3.05, 3.63) is 64.7 Å². The molecular weight excluding hydrogens is 510 g/mol. The van der Waals surface area contributed by atoms with Crippen LogP contribution in [0.15, 0.2) is 42.5 Å². The zero-order valence-electron chi connectivity index (χ0n) is 26.7. The normalized spacial score (nSPS) is 26.6. The Hall–Kier alpha value is -2.63. The molecule has 42 heavy (non-hydrogen) atoms. The highest BCUT2D eigenvalue weighted by molar-refractivity contribution is 6.02. The van der Waals surface area contributed by atoms with Gasteiger partial charge in [0.15, 0.2) is 0 Å². The Labute approximate surface area is 255 Å². The van der Waals surface area contributed by atoms with E-state index in [1.807, 2.05) is 0 Å². The lowest BCUT2D eigenvalue weighted by molar-refractivity contribution is -0.125. The number of nitrogens with zero attached hydrogens (tertiary/aromatic N) is 1. The molecule has 6 rings (SSSR count). The van der Waals surface area contributed by atoms with Gasteiger partial charge < -0.3 is 0 Å². The molecule has 0 unspecified atom stereocenters. The fraction of sp³-hybridized carbons (Fsp3) is 0.575. The summed E-state index contributed by atoms with van der Waals surface area (Å²) in [6.45, 7) is 4.61. The first-order valence-corrected chi connectivity index (χ1v) is 17.1. The molecule has 4 aliphatic carbocycles. The van der Waals surface area contributed by atoms with Crippen LogP contribution in [0, 0.1) is 23.7 Å². The van der Waals surface area contributed by atoms with E-state index < -0.39 is 0 Å². The molecule has 0 aliphatic heterocycles. The zero-order chi connectivity index (χ0) is 29.5. The molecule has 2 bridgehead atoms. The summed E-state index contributed by atoms with van der Waals surface area (Å²) in [6, 6.07) is 14.2. The topological polar surface area (TPSA) is 20.3 Å². The Morgan fingerprint density at radius 1 is 0.881 bits per heavy atom. The molecule has 0 N–H and O–H groups in total. The first-order valence-electron chi connectivity index (χ1n) is 17.1. The number of terminal acetylenes is 1. The van der Waals surface area contributed by atoms with E-state index in [-0.39, 0.29) is 16.4 Å². The lowest BCUT2D eigenvalue weighted by Gasteiger charge is -2.43. The van der Waals surface area contributed by atoms with E-state index in [1.165, 1.54) is 110 Å². The van der Waals surface area contributed by atoms with Gasteiger partial charge in [0.2, 0.25) is 0 Å². The third-order valence-corrected chi connectivity index (χ3v) is 11.9. The molecule has 0 amide bonds. The number of benzene rings is 2. The van der Waals surface area contributed by atoms with Gasteiger partial charge in [-0.25, -0.2) is 0 Å². The predicted octanol–water partition coefficient (Wildman–Crippen LogP) is 9.72. The van der Waals surface area contributed by atoms with Gasteiger partial charge in [0.1, 0.15) is 5.78 Å². The molecular formula is C40H51NO. The highest BCUT2D eigenvalue weighted by atomic mass is 16.1. The van der Waals surface area contributed by atoms with Crippen LogP contribution in [0.3, 0.4) is 0 Å². The Morgan fingerprint density at radius 2 is 1.55 bits per heavy atom. The van der Waals surface area contributed by atoms with Gasteiger partial charge in [0.05, 0.1) is 11.0 Å². The van der Waals surface area contributed by atoms with Gasteiger partial charge in [-0.15, -0.1) is 6.42 Å². The van der Waals surface area contributed by atoms with E-state index in [9.17, 15) is 4.79 Å². The number of fused-ring (bicyclic) bond motifs is 3. The molecule has 3 atom stereocenters. The maximum Gasteiger partial charge on any atom is 0.145 e. The molecule has 2 aromatic rings. The van der Waals surface area contributed by atoms with E-state index in [2.05, 4.69) is 81.2 Å². The third kappa shape index (κ3) is 4.29. The average molecular weight is 562 g/mol. The first kappa shape index (κ1) is 29.4. The summed E-state index contributed by atoms with van der Waals surface area (Å²) in [5.74, 6) is 3.85. The van der Waals surface area contributed by atoms with Crippen LogP contribution < -0.4 is 0 Å². The monoisotopic (exact) mass is 561 g/mol. The summed E-state index contributed by atoms with van der Waals surface area (Å²) in [6.07, 6.45) is 26.2. The molecule has 2 heteroatoms. The van der Waals surface area contributed by atoms with Crippen molar-refractivity contribution in [1.82, 2.24) is 4.90 Å². The Balaban J connectivity index is 1.50. The van der Waals surface area contributed by atoms with Gasteiger partial charge in [-0.1, -0.05) is 108 Å². The molecule has 0 heterocycles.